The van der Waals surface area contributed by atoms with Gasteiger partial charge < -0.3 is 4.74 Å². The highest BCUT2D eigenvalue weighted by Crippen LogP contribution is 2.36. The number of rotatable bonds is 6. The number of carbonyl (C=O) groups excluding carboxylic acids is 2. The Hall–Kier alpha value is -2.61. The Morgan fingerprint density at radius 2 is 1.71 bits per heavy atom. The van der Waals surface area contributed by atoms with Crippen LogP contribution in [0.4, 0.5) is 0 Å². The van der Waals surface area contributed by atoms with Crippen LogP contribution in [0.1, 0.15) is 33.6 Å². The Morgan fingerprint density at radius 3 is 2.36 bits per heavy atom. The number of nitrogens with one attached hydrogen (secondary N) is 2. The van der Waals surface area contributed by atoms with Crippen molar-refractivity contribution in [1.82, 2.24) is 10.9 Å². The first kappa shape index (κ1) is 20.1. The van der Waals surface area contributed by atoms with Gasteiger partial charge in [0.15, 0.2) is 15.9 Å². The SMILES string of the molecule is CC(Oc1ccc2ccccc2c1)C(=O)NNC(=O)C(C)(C)S(=O)(=O)C1CC1. The molecule has 0 bridgehead atoms. The van der Waals surface area contributed by atoms with Crippen LogP contribution in [0.5, 0.6) is 5.75 Å². The van der Waals surface area contributed by atoms with Crippen molar-refractivity contribution in [2.24, 2.45) is 0 Å². The van der Waals surface area contributed by atoms with Gasteiger partial charge in [0.05, 0.1) is 5.25 Å². The van der Waals surface area contributed by atoms with E-state index in [2.05, 4.69) is 10.9 Å². The summed E-state index contributed by atoms with van der Waals surface area (Å²) in [5.74, 6) is -0.837. The Morgan fingerprint density at radius 1 is 1.07 bits per heavy atom. The van der Waals surface area contributed by atoms with Gasteiger partial charge in [-0.25, -0.2) is 8.42 Å². The predicted molar refractivity (Wildman–Crippen MR) is 106 cm³/mol. The molecule has 2 aromatic rings. The van der Waals surface area contributed by atoms with E-state index in [0.29, 0.717) is 18.6 Å². The maximum atomic E-state index is 12.4. The minimum absolute atomic E-state index is 0.473. The lowest BCUT2D eigenvalue weighted by molar-refractivity contribution is -0.133. The molecule has 1 aliphatic carbocycles. The Bertz CT molecular complexity index is 1010. The second-order valence-corrected chi connectivity index (χ2v) is 10.2. The number of carbonyl (C=O) groups is 2. The van der Waals surface area contributed by atoms with Crippen LogP contribution in [-0.2, 0) is 19.4 Å². The molecule has 1 saturated carbocycles. The van der Waals surface area contributed by atoms with Crippen LogP contribution >= 0.6 is 0 Å². The molecule has 1 atom stereocenters. The third-order valence-corrected chi connectivity index (χ3v) is 7.88. The summed E-state index contributed by atoms with van der Waals surface area (Å²) in [5.41, 5.74) is 4.46. The molecule has 0 spiro atoms. The van der Waals surface area contributed by atoms with E-state index in [1.54, 1.807) is 13.0 Å². The molecule has 0 heterocycles. The highest BCUT2D eigenvalue weighted by atomic mass is 32.2. The van der Waals surface area contributed by atoms with Crippen LogP contribution in [0, 0.1) is 0 Å². The molecule has 2 amide bonds. The average molecular weight is 404 g/mol. The molecule has 1 fully saturated rings. The minimum Gasteiger partial charge on any atom is -0.481 e. The van der Waals surface area contributed by atoms with E-state index in [4.69, 9.17) is 4.74 Å². The molecule has 2 N–H and O–H groups in total. The quantitative estimate of drug-likeness (QED) is 0.718. The molecule has 0 aromatic heterocycles. The van der Waals surface area contributed by atoms with Gasteiger partial charge in [0.1, 0.15) is 10.5 Å². The molecule has 1 aliphatic rings. The summed E-state index contributed by atoms with van der Waals surface area (Å²) in [4.78, 5) is 24.6. The van der Waals surface area contributed by atoms with Crippen LogP contribution in [0.25, 0.3) is 10.8 Å². The fourth-order valence-corrected chi connectivity index (χ4v) is 4.69. The molecule has 3 rings (SSSR count). The summed E-state index contributed by atoms with van der Waals surface area (Å²) in [6, 6.07) is 13.2. The number of sulfone groups is 1. The zero-order valence-electron chi connectivity index (χ0n) is 16.1. The largest absolute Gasteiger partial charge is 0.481 e. The fraction of sp³-hybridized carbons (Fsp3) is 0.400. The molecule has 0 saturated heterocycles. The van der Waals surface area contributed by atoms with Crippen molar-refractivity contribution in [3.05, 3.63) is 42.5 Å². The van der Waals surface area contributed by atoms with Crippen molar-refractivity contribution in [2.45, 2.75) is 49.7 Å². The van der Waals surface area contributed by atoms with Gasteiger partial charge in [0, 0.05) is 0 Å². The highest BCUT2D eigenvalue weighted by molar-refractivity contribution is 7.94. The van der Waals surface area contributed by atoms with Crippen molar-refractivity contribution in [1.29, 1.82) is 0 Å². The van der Waals surface area contributed by atoms with Crippen LogP contribution in [0.15, 0.2) is 42.5 Å². The molecule has 1 unspecified atom stereocenters. The van der Waals surface area contributed by atoms with E-state index < -0.39 is 37.8 Å². The normalized spacial score (nSPS) is 15.7. The summed E-state index contributed by atoms with van der Waals surface area (Å²) in [5, 5.41) is 1.56. The van der Waals surface area contributed by atoms with E-state index >= 15 is 0 Å². The number of hydrogen-bond acceptors (Lipinski definition) is 5. The molecular weight excluding hydrogens is 380 g/mol. The maximum Gasteiger partial charge on any atom is 0.279 e. The molecule has 2 aromatic carbocycles. The van der Waals surface area contributed by atoms with E-state index in [1.165, 1.54) is 13.8 Å². The Balaban J connectivity index is 1.58. The first-order valence-corrected chi connectivity index (χ1v) is 10.7. The first-order chi connectivity index (χ1) is 13.1. The number of hydrogen-bond donors (Lipinski definition) is 2. The monoisotopic (exact) mass is 404 g/mol. The summed E-state index contributed by atoms with van der Waals surface area (Å²) >= 11 is 0. The van der Waals surface area contributed by atoms with Gasteiger partial charge in [-0.2, -0.15) is 0 Å². The molecule has 8 heteroatoms. The van der Waals surface area contributed by atoms with Gasteiger partial charge in [-0.05, 0) is 56.5 Å². The summed E-state index contributed by atoms with van der Waals surface area (Å²) in [7, 11) is -3.60. The van der Waals surface area contributed by atoms with E-state index in [-0.39, 0.29) is 0 Å². The number of ether oxygens (including phenoxy) is 1. The molecule has 150 valence electrons. The first-order valence-electron chi connectivity index (χ1n) is 9.12. The summed E-state index contributed by atoms with van der Waals surface area (Å²) in [6.45, 7) is 4.23. The minimum atomic E-state index is -3.60. The van der Waals surface area contributed by atoms with E-state index in [0.717, 1.165) is 10.8 Å². The van der Waals surface area contributed by atoms with E-state index in [1.807, 2.05) is 36.4 Å². The van der Waals surface area contributed by atoms with Gasteiger partial charge in [0.25, 0.3) is 11.8 Å². The molecule has 7 nitrogen and oxygen atoms in total. The third kappa shape index (κ3) is 3.96. The molecule has 0 aliphatic heterocycles. The standard InChI is InChI=1S/C20H24N2O5S/c1-13(27-16-9-8-14-6-4-5-7-15(14)12-16)18(23)21-22-19(24)20(2,3)28(25,26)17-10-11-17/h4-9,12-13,17H,10-11H2,1-3H3,(H,21,23)(H,22,24). The van der Waals surface area contributed by atoms with Gasteiger partial charge in [-0.1, -0.05) is 30.3 Å². The summed E-state index contributed by atoms with van der Waals surface area (Å²) in [6.07, 6.45) is 0.258. The summed E-state index contributed by atoms with van der Waals surface area (Å²) < 4.78 is 28.8. The number of amides is 2. The molecule has 0 radical (unpaired) electrons. The second kappa shape index (κ2) is 7.43. The van der Waals surface area contributed by atoms with Gasteiger partial charge in [-0.15, -0.1) is 0 Å². The number of benzene rings is 2. The van der Waals surface area contributed by atoms with Crippen molar-refractivity contribution >= 4 is 32.4 Å². The fourth-order valence-electron chi connectivity index (χ4n) is 2.79. The zero-order valence-corrected chi connectivity index (χ0v) is 16.9. The molecule has 28 heavy (non-hydrogen) atoms. The lowest BCUT2D eigenvalue weighted by atomic mass is 10.1. The Kier molecular flexibility index (Phi) is 5.34. The highest BCUT2D eigenvalue weighted by Gasteiger charge is 2.50. The van der Waals surface area contributed by atoms with Crippen molar-refractivity contribution in [2.75, 3.05) is 0 Å². The number of fused-ring (bicyclic) bond motifs is 1. The zero-order chi connectivity index (χ0) is 20.5. The van der Waals surface area contributed by atoms with Crippen LogP contribution < -0.4 is 15.6 Å². The van der Waals surface area contributed by atoms with Gasteiger partial charge in [-0.3, -0.25) is 20.4 Å². The lowest BCUT2D eigenvalue weighted by Crippen LogP contribution is -2.56. The van der Waals surface area contributed by atoms with Gasteiger partial charge in [0.2, 0.25) is 0 Å². The Labute approximate surface area is 164 Å². The van der Waals surface area contributed by atoms with E-state index in [9.17, 15) is 18.0 Å². The van der Waals surface area contributed by atoms with Crippen molar-refractivity contribution < 1.29 is 22.7 Å². The van der Waals surface area contributed by atoms with Crippen molar-refractivity contribution in [3.8, 4) is 5.75 Å². The van der Waals surface area contributed by atoms with Crippen LogP contribution in [-0.4, -0.2) is 36.3 Å². The third-order valence-electron chi connectivity index (χ3n) is 4.92. The lowest BCUT2D eigenvalue weighted by Gasteiger charge is -2.24. The maximum absolute atomic E-state index is 12.4. The predicted octanol–water partition coefficient (Wildman–Crippen LogP) is 2.11. The second-order valence-electron chi connectivity index (χ2n) is 7.47. The number of hydrazine groups is 1. The average Bonchev–Trinajstić information content (AvgIpc) is 3.51. The molecular formula is C20H24N2O5S. The van der Waals surface area contributed by atoms with Crippen molar-refractivity contribution in [3.63, 3.8) is 0 Å². The van der Waals surface area contributed by atoms with Crippen LogP contribution in [0.2, 0.25) is 0 Å². The van der Waals surface area contributed by atoms with Crippen LogP contribution in [0.3, 0.4) is 0 Å². The van der Waals surface area contributed by atoms with Gasteiger partial charge >= 0.3 is 0 Å². The smallest absolute Gasteiger partial charge is 0.279 e. The topological polar surface area (TPSA) is 102 Å².